The minimum atomic E-state index is -0.497. The minimum absolute atomic E-state index is 0.182. The predicted octanol–water partition coefficient (Wildman–Crippen LogP) is 1.67. The van der Waals surface area contributed by atoms with Crippen LogP contribution in [0.5, 0.6) is 0 Å². The van der Waals surface area contributed by atoms with Crippen molar-refractivity contribution in [3.8, 4) is 0 Å². The summed E-state index contributed by atoms with van der Waals surface area (Å²) in [6, 6.07) is 3.96. The van der Waals surface area contributed by atoms with E-state index in [2.05, 4.69) is 41.7 Å². The molecule has 0 radical (unpaired) electrons. The molecule has 1 fully saturated rings. The summed E-state index contributed by atoms with van der Waals surface area (Å²) >= 11 is 0. The zero-order valence-corrected chi connectivity index (χ0v) is 11.7. The summed E-state index contributed by atoms with van der Waals surface area (Å²) < 4.78 is 0. The van der Waals surface area contributed by atoms with E-state index < -0.39 is 6.10 Å². The van der Waals surface area contributed by atoms with Crippen molar-refractivity contribution < 1.29 is 5.11 Å². The van der Waals surface area contributed by atoms with Gasteiger partial charge in [0.05, 0.1) is 23.7 Å². The molecule has 1 saturated heterocycles. The smallest absolute Gasteiger partial charge is 0.0931 e. The first-order chi connectivity index (χ1) is 8.40. The summed E-state index contributed by atoms with van der Waals surface area (Å²) in [4.78, 5) is 9.06. The van der Waals surface area contributed by atoms with E-state index in [1.807, 2.05) is 12.3 Å². The Morgan fingerprint density at radius 3 is 2.56 bits per heavy atom. The number of anilines is 1. The molecule has 0 amide bonds. The number of aromatic nitrogens is 1. The number of hydrogen-bond donors (Lipinski definition) is 1. The highest BCUT2D eigenvalue weighted by Gasteiger charge is 2.31. The number of hydrogen-bond acceptors (Lipinski definition) is 4. The normalized spacial score (nSPS) is 21.9. The van der Waals surface area contributed by atoms with Gasteiger partial charge in [-0.25, -0.2) is 0 Å². The maximum absolute atomic E-state index is 9.46. The summed E-state index contributed by atoms with van der Waals surface area (Å²) in [5, 5.41) is 9.46. The quantitative estimate of drug-likeness (QED) is 0.865. The molecule has 1 aromatic rings. The van der Waals surface area contributed by atoms with Crippen molar-refractivity contribution in [2.24, 2.45) is 0 Å². The lowest BCUT2D eigenvalue weighted by atomic mass is 9.99. The fraction of sp³-hybridized carbons (Fsp3) is 0.643. The fourth-order valence-electron chi connectivity index (χ4n) is 2.29. The summed E-state index contributed by atoms with van der Waals surface area (Å²) in [6.07, 6.45) is 1.37. The van der Waals surface area contributed by atoms with Crippen molar-refractivity contribution in [1.29, 1.82) is 0 Å². The molecule has 0 spiro atoms. The van der Waals surface area contributed by atoms with Crippen LogP contribution in [0.1, 0.15) is 32.6 Å². The first kappa shape index (κ1) is 13.3. The van der Waals surface area contributed by atoms with Gasteiger partial charge in [0.2, 0.25) is 0 Å². The van der Waals surface area contributed by atoms with Gasteiger partial charge in [-0.15, -0.1) is 0 Å². The van der Waals surface area contributed by atoms with E-state index >= 15 is 0 Å². The van der Waals surface area contributed by atoms with Crippen LogP contribution in [0.2, 0.25) is 0 Å². The number of nitrogens with zero attached hydrogens (tertiary/aromatic N) is 3. The summed E-state index contributed by atoms with van der Waals surface area (Å²) in [5.74, 6) is 0. The molecular weight excluding hydrogens is 226 g/mol. The van der Waals surface area contributed by atoms with Crippen LogP contribution in [-0.4, -0.2) is 47.2 Å². The van der Waals surface area contributed by atoms with Gasteiger partial charge in [0.15, 0.2) is 0 Å². The highest BCUT2D eigenvalue weighted by Crippen LogP contribution is 2.24. The van der Waals surface area contributed by atoms with Crippen LogP contribution < -0.4 is 4.90 Å². The van der Waals surface area contributed by atoms with Crippen molar-refractivity contribution in [2.45, 2.75) is 32.4 Å². The monoisotopic (exact) mass is 249 g/mol. The third-order valence-electron chi connectivity index (χ3n) is 3.88. The first-order valence-corrected chi connectivity index (χ1v) is 6.50. The van der Waals surface area contributed by atoms with E-state index in [-0.39, 0.29) is 5.54 Å². The molecule has 1 aliphatic heterocycles. The number of pyridine rings is 1. The van der Waals surface area contributed by atoms with Crippen molar-refractivity contribution in [3.05, 3.63) is 24.0 Å². The molecular formula is C14H23N3O. The minimum Gasteiger partial charge on any atom is -0.387 e. The Bertz CT molecular complexity index is 400. The van der Waals surface area contributed by atoms with Gasteiger partial charge >= 0.3 is 0 Å². The zero-order valence-electron chi connectivity index (χ0n) is 11.7. The molecule has 0 saturated carbocycles. The Morgan fingerprint density at radius 2 is 2.06 bits per heavy atom. The Labute approximate surface area is 109 Å². The third kappa shape index (κ3) is 2.65. The standard InChI is InChI=1S/C14H23N3O/c1-11(18)13-6-5-12(9-15-13)17-8-7-16(4)14(2,3)10-17/h5-6,9,11,18H,7-8,10H2,1-4H3/t11-/m1/s1. The van der Waals surface area contributed by atoms with E-state index in [0.29, 0.717) is 0 Å². The molecule has 2 rings (SSSR count). The molecule has 1 aliphatic rings. The second-order valence-electron chi connectivity index (χ2n) is 5.77. The van der Waals surface area contributed by atoms with Gasteiger partial charge in [-0.3, -0.25) is 9.88 Å². The van der Waals surface area contributed by atoms with Crippen molar-refractivity contribution in [1.82, 2.24) is 9.88 Å². The fourth-order valence-corrected chi connectivity index (χ4v) is 2.29. The van der Waals surface area contributed by atoms with Crippen LogP contribution in [0.15, 0.2) is 18.3 Å². The predicted molar refractivity (Wildman–Crippen MR) is 73.8 cm³/mol. The Morgan fingerprint density at radius 1 is 1.33 bits per heavy atom. The topological polar surface area (TPSA) is 39.6 Å². The van der Waals surface area contributed by atoms with E-state index in [9.17, 15) is 5.11 Å². The second kappa shape index (κ2) is 4.86. The molecule has 4 nitrogen and oxygen atoms in total. The number of likely N-dealkylation sites (N-methyl/N-ethyl adjacent to an activating group) is 1. The molecule has 2 heterocycles. The Kier molecular flexibility index (Phi) is 3.59. The lowest BCUT2D eigenvalue weighted by molar-refractivity contribution is 0.139. The van der Waals surface area contributed by atoms with E-state index in [1.54, 1.807) is 6.92 Å². The van der Waals surface area contributed by atoms with Crippen LogP contribution in [0, 0.1) is 0 Å². The lowest BCUT2D eigenvalue weighted by Gasteiger charge is -2.46. The average molecular weight is 249 g/mol. The molecule has 18 heavy (non-hydrogen) atoms. The van der Waals surface area contributed by atoms with Gasteiger partial charge in [0, 0.05) is 25.2 Å². The molecule has 100 valence electrons. The van der Waals surface area contributed by atoms with Crippen LogP contribution in [0.3, 0.4) is 0 Å². The molecule has 0 unspecified atom stereocenters. The molecule has 0 bridgehead atoms. The zero-order chi connectivity index (χ0) is 13.3. The average Bonchev–Trinajstić information content (AvgIpc) is 2.33. The highest BCUT2D eigenvalue weighted by atomic mass is 16.3. The van der Waals surface area contributed by atoms with Crippen molar-refractivity contribution in [3.63, 3.8) is 0 Å². The largest absolute Gasteiger partial charge is 0.387 e. The number of aliphatic hydroxyl groups excluding tert-OH is 1. The van der Waals surface area contributed by atoms with E-state index in [1.165, 1.54) is 0 Å². The maximum Gasteiger partial charge on any atom is 0.0931 e. The molecule has 0 aromatic carbocycles. The molecule has 0 aliphatic carbocycles. The van der Waals surface area contributed by atoms with Gasteiger partial charge in [0.25, 0.3) is 0 Å². The van der Waals surface area contributed by atoms with Crippen LogP contribution >= 0.6 is 0 Å². The molecule has 1 atom stereocenters. The second-order valence-corrected chi connectivity index (χ2v) is 5.77. The van der Waals surface area contributed by atoms with Crippen molar-refractivity contribution in [2.75, 3.05) is 31.6 Å². The summed E-state index contributed by atoms with van der Waals surface area (Å²) in [7, 11) is 2.17. The SMILES string of the molecule is C[C@@H](O)c1ccc(N2CCN(C)C(C)(C)C2)cn1. The van der Waals surface area contributed by atoms with Gasteiger partial charge in [0.1, 0.15) is 0 Å². The van der Waals surface area contributed by atoms with E-state index in [0.717, 1.165) is 31.0 Å². The van der Waals surface area contributed by atoms with E-state index in [4.69, 9.17) is 0 Å². The Hall–Kier alpha value is -1.13. The summed E-state index contributed by atoms with van der Waals surface area (Å²) in [5.41, 5.74) is 2.05. The number of aliphatic hydroxyl groups is 1. The van der Waals surface area contributed by atoms with Crippen LogP contribution in [0.4, 0.5) is 5.69 Å². The van der Waals surface area contributed by atoms with Gasteiger partial charge < -0.3 is 10.0 Å². The Balaban J connectivity index is 2.13. The van der Waals surface area contributed by atoms with Crippen LogP contribution in [-0.2, 0) is 0 Å². The summed E-state index contributed by atoms with van der Waals surface area (Å²) in [6.45, 7) is 9.34. The molecule has 1 N–H and O–H groups in total. The highest BCUT2D eigenvalue weighted by molar-refractivity contribution is 5.46. The van der Waals surface area contributed by atoms with Crippen LogP contribution in [0.25, 0.3) is 0 Å². The third-order valence-corrected chi connectivity index (χ3v) is 3.88. The lowest BCUT2D eigenvalue weighted by Crippen LogP contribution is -2.57. The number of piperazine rings is 1. The van der Waals surface area contributed by atoms with Gasteiger partial charge in [-0.1, -0.05) is 0 Å². The van der Waals surface area contributed by atoms with Crippen molar-refractivity contribution >= 4 is 5.69 Å². The number of rotatable bonds is 2. The van der Waals surface area contributed by atoms with Gasteiger partial charge in [-0.2, -0.15) is 0 Å². The maximum atomic E-state index is 9.46. The molecule has 4 heteroatoms. The van der Waals surface area contributed by atoms with Gasteiger partial charge in [-0.05, 0) is 40.0 Å². The first-order valence-electron chi connectivity index (χ1n) is 6.50. The molecule has 1 aromatic heterocycles.